The molecule has 0 aliphatic carbocycles. The van der Waals surface area contributed by atoms with Crippen molar-refractivity contribution in [3.63, 3.8) is 0 Å². The summed E-state index contributed by atoms with van der Waals surface area (Å²) in [7, 11) is 0. The Kier molecular flexibility index (Phi) is 6.21. The number of carbonyl (C=O) groups is 2. The van der Waals surface area contributed by atoms with E-state index in [0.29, 0.717) is 0 Å². The minimum Gasteiger partial charge on any atom is -0.479 e. The number of rotatable bonds is 6. The molecule has 0 heterocycles. The molecule has 0 spiro atoms. The number of nitrogens with one attached hydrogen (secondary N) is 1. The van der Waals surface area contributed by atoms with E-state index in [4.69, 9.17) is 9.84 Å². The van der Waals surface area contributed by atoms with Crippen molar-refractivity contribution in [2.75, 3.05) is 0 Å². The van der Waals surface area contributed by atoms with Gasteiger partial charge >= 0.3 is 12.1 Å². The summed E-state index contributed by atoms with van der Waals surface area (Å²) in [4.78, 5) is 22.5. The van der Waals surface area contributed by atoms with Gasteiger partial charge in [0.1, 0.15) is 6.61 Å². The molecule has 1 aromatic rings. The van der Waals surface area contributed by atoms with Crippen LogP contribution in [-0.4, -0.2) is 27.8 Å². The number of hydrogen-bond donors (Lipinski definition) is 2. The third-order valence-corrected chi connectivity index (χ3v) is 3.23. The Morgan fingerprint density at radius 3 is 2.47 bits per heavy atom. The molecule has 5 nitrogen and oxygen atoms in total. The zero-order valence-electron chi connectivity index (χ0n) is 10.8. The molecule has 19 heavy (non-hydrogen) atoms. The molecule has 1 rings (SSSR count). The standard InChI is InChI=1S/C13H17NO4S/c1-9(2)19-11(12(15)16)14-13(17)18-8-10-6-4-3-5-7-10/h3-7,9,11H,8H2,1-2H3,(H,14,17)(H,15,16)/t11-/m1/s1. The van der Waals surface area contributed by atoms with Crippen LogP contribution in [0.1, 0.15) is 19.4 Å². The Morgan fingerprint density at radius 1 is 1.32 bits per heavy atom. The van der Waals surface area contributed by atoms with Crippen molar-refractivity contribution < 1.29 is 19.4 Å². The van der Waals surface area contributed by atoms with Gasteiger partial charge in [0.05, 0.1) is 0 Å². The van der Waals surface area contributed by atoms with Crippen molar-refractivity contribution in [3.05, 3.63) is 35.9 Å². The van der Waals surface area contributed by atoms with Gasteiger partial charge in [-0.25, -0.2) is 9.59 Å². The predicted molar refractivity (Wildman–Crippen MR) is 73.9 cm³/mol. The van der Waals surface area contributed by atoms with Crippen LogP contribution in [0.25, 0.3) is 0 Å². The van der Waals surface area contributed by atoms with Gasteiger partial charge in [-0.05, 0) is 5.56 Å². The first-order valence-electron chi connectivity index (χ1n) is 5.84. The molecule has 0 saturated heterocycles. The molecule has 0 aromatic heterocycles. The molecule has 0 aliphatic rings. The number of alkyl carbamates (subject to hydrolysis) is 1. The van der Waals surface area contributed by atoms with Gasteiger partial charge in [-0.2, -0.15) is 0 Å². The smallest absolute Gasteiger partial charge is 0.408 e. The van der Waals surface area contributed by atoms with Crippen LogP contribution in [-0.2, 0) is 16.1 Å². The molecule has 104 valence electrons. The van der Waals surface area contributed by atoms with E-state index in [0.717, 1.165) is 17.3 Å². The Morgan fingerprint density at radius 2 is 1.95 bits per heavy atom. The van der Waals surface area contributed by atoms with Gasteiger partial charge in [0.25, 0.3) is 0 Å². The topological polar surface area (TPSA) is 75.6 Å². The van der Waals surface area contributed by atoms with Gasteiger partial charge in [-0.3, -0.25) is 5.32 Å². The largest absolute Gasteiger partial charge is 0.479 e. The summed E-state index contributed by atoms with van der Waals surface area (Å²) in [6, 6.07) is 9.19. The molecular weight excluding hydrogens is 266 g/mol. The number of ether oxygens (including phenoxy) is 1. The summed E-state index contributed by atoms with van der Waals surface area (Å²) < 4.78 is 4.96. The van der Waals surface area contributed by atoms with E-state index >= 15 is 0 Å². The fourth-order valence-corrected chi connectivity index (χ4v) is 2.12. The molecule has 1 amide bonds. The van der Waals surface area contributed by atoms with E-state index < -0.39 is 17.4 Å². The summed E-state index contributed by atoms with van der Waals surface area (Å²) in [5.74, 6) is -1.09. The molecule has 0 aliphatic heterocycles. The van der Waals surface area contributed by atoms with Gasteiger partial charge in [0, 0.05) is 5.25 Å². The third-order valence-electron chi connectivity index (χ3n) is 2.09. The van der Waals surface area contributed by atoms with Crippen molar-refractivity contribution in [1.29, 1.82) is 0 Å². The quantitative estimate of drug-likeness (QED) is 0.784. The highest BCUT2D eigenvalue weighted by atomic mass is 32.2. The summed E-state index contributed by atoms with van der Waals surface area (Å²) in [5, 5.41) is 10.4. The number of benzene rings is 1. The lowest BCUT2D eigenvalue weighted by Crippen LogP contribution is -2.39. The Balaban J connectivity index is 2.42. The van der Waals surface area contributed by atoms with Gasteiger partial charge < -0.3 is 9.84 Å². The molecule has 0 fully saturated rings. The number of hydrogen-bond acceptors (Lipinski definition) is 4. The van der Waals surface area contributed by atoms with E-state index in [2.05, 4.69) is 5.32 Å². The molecule has 1 aromatic carbocycles. The molecule has 0 radical (unpaired) electrons. The zero-order valence-corrected chi connectivity index (χ0v) is 11.6. The van der Waals surface area contributed by atoms with Crippen LogP contribution < -0.4 is 5.32 Å². The zero-order chi connectivity index (χ0) is 14.3. The average Bonchev–Trinajstić information content (AvgIpc) is 2.36. The summed E-state index contributed by atoms with van der Waals surface area (Å²) >= 11 is 1.15. The Bertz CT molecular complexity index is 422. The van der Waals surface area contributed by atoms with Crippen LogP contribution in [0.2, 0.25) is 0 Å². The molecule has 1 atom stereocenters. The molecule has 0 unspecified atom stereocenters. The minimum absolute atomic E-state index is 0.0931. The highest BCUT2D eigenvalue weighted by Gasteiger charge is 2.22. The van der Waals surface area contributed by atoms with E-state index in [1.54, 1.807) is 0 Å². The molecule has 0 bridgehead atoms. The number of carboxylic acid groups (broad SMARTS) is 1. The lowest BCUT2D eigenvalue weighted by atomic mass is 10.2. The van der Waals surface area contributed by atoms with Crippen molar-refractivity contribution in [2.24, 2.45) is 0 Å². The minimum atomic E-state index is -1.09. The fraction of sp³-hybridized carbons (Fsp3) is 0.385. The van der Waals surface area contributed by atoms with E-state index in [-0.39, 0.29) is 11.9 Å². The maximum absolute atomic E-state index is 11.5. The van der Waals surface area contributed by atoms with Crippen molar-refractivity contribution in [1.82, 2.24) is 5.32 Å². The van der Waals surface area contributed by atoms with E-state index in [1.165, 1.54) is 0 Å². The number of amides is 1. The number of carboxylic acids is 1. The second kappa shape index (κ2) is 7.68. The monoisotopic (exact) mass is 283 g/mol. The van der Waals surface area contributed by atoms with Crippen LogP contribution >= 0.6 is 11.8 Å². The van der Waals surface area contributed by atoms with Gasteiger partial charge in [-0.15, -0.1) is 11.8 Å². The Labute approximate surface area is 116 Å². The van der Waals surface area contributed by atoms with Crippen LogP contribution in [0, 0.1) is 0 Å². The number of carbonyl (C=O) groups excluding carboxylic acids is 1. The predicted octanol–water partition coefficient (Wildman–Crippen LogP) is 2.47. The second-order valence-corrected chi connectivity index (χ2v) is 5.80. The van der Waals surface area contributed by atoms with E-state index in [1.807, 2.05) is 44.2 Å². The SMILES string of the molecule is CC(C)S[C@@H](NC(=O)OCc1ccccc1)C(=O)O. The fourth-order valence-electron chi connectivity index (χ4n) is 1.30. The molecular formula is C13H17NO4S. The normalized spacial score (nSPS) is 11.9. The molecule has 2 N–H and O–H groups in total. The van der Waals surface area contributed by atoms with Gasteiger partial charge in [-0.1, -0.05) is 44.2 Å². The van der Waals surface area contributed by atoms with Crippen molar-refractivity contribution >= 4 is 23.8 Å². The van der Waals surface area contributed by atoms with Crippen LogP contribution in [0.4, 0.5) is 4.79 Å². The van der Waals surface area contributed by atoms with Crippen molar-refractivity contribution in [2.45, 2.75) is 31.1 Å². The first-order valence-corrected chi connectivity index (χ1v) is 6.79. The average molecular weight is 283 g/mol. The van der Waals surface area contributed by atoms with Gasteiger partial charge in [0.2, 0.25) is 0 Å². The lowest BCUT2D eigenvalue weighted by Gasteiger charge is -2.16. The maximum atomic E-state index is 11.5. The van der Waals surface area contributed by atoms with Gasteiger partial charge in [0.15, 0.2) is 5.37 Å². The highest BCUT2D eigenvalue weighted by molar-refractivity contribution is 8.01. The van der Waals surface area contributed by atoms with E-state index in [9.17, 15) is 9.59 Å². The summed E-state index contributed by atoms with van der Waals surface area (Å²) in [6.07, 6.45) is -0.732. The van der Waals surface area contributed by atoms with Crippen molar-refractivity contribution in [3.8, 4) is 0 Å². The highest BCUT2D eigenvalue weighted by Crippen LogP contribution is 2.15. The number of aliphatic carboxylic acids is 1. The maximum Gasteiger partial charge on any atom is 0.408 e. The number of thioether (sulfide) groups is 1. The Hall–Kier alpha value is -1.69. The van der Waals surface area contributed by atoms with Crippen LogP contribution in [0.15, 0.2) is 30.3 Å². The third kappa shape index (κ3) is 6.15. The summed E-state index contributed by atoms with van der Waals surface area (Å²) in [6.45, 7) is 3.83. The molecule has 6 heteroatoms. The second-order valence-electron chi connectivity index (χ2n) is 4.11. The summed E-state index contributed by atoms with van der Waals surface area (Å²) in [5.41, 5.74) is 0.848. The first-order chi connectivity index (χ1) is 8.99. The first kappa shape index (κ1) is 15.4. The van der Waals surface area contributed by atoms with Crippen LogP contribution in [0.5, 0.6) is 0 Å². The lowest BCUT2D eigenvalue weighted by molar-refractivity contribution is -0.136. The molecule has 0 saturated carbocycles. The van der Waals surface area contributed by atoms with Crippen LogP contribution in [0.3, 0.4) is 0 Å².